The van der Waals surface area contributed by atoms with Gasteiger partial charge >= 0.3 is 0 Å². The standard InChI is InChI=1S/C14H18N4O2/c1-9-2-3-13(20-9)11-8-12(17-16-11)14(19)18-6-4-10(15)5-7-18/h2-3,8,10H,4-7,15H2,1H3,(H,16,17). The lowest BCUT2D eigenvalue weighted by Gasteiger charge is -2.29. The molecule has 1 aliphatic rings. The summed E-state index contributed by atoms with van der Waals surface area (Å²) in [7, 11) is 0. The molecule has 0 bridgehead atoms. The number of carbonyl (C=O) groups excluding carboxylic acids is 1. The van der Waals surface area contributed by atoms with Gasteiger partial charge in [-0.2, -0.15) is 5.10 Å². The van der Waals surface area contributed by atoms with Gasteiger partial charge in [-0.05, 0) is 31.9 Å². The summed E-state index contributed by atoms with van der Waals surface area (Å²) >= 11 is 0. The van der Waals surface area contributed by atoms with E-state index >= 15 is 0 Å². The first-order valence-corrected chi connectivity index (χ1v) is 6.80. The molecule has 6 heteroatoms. The van der Waals surface area contributed by atoms with Crippen molar-refractivity contribution in [2.24, 2.45) is 5.73 Å². The number of nitrogens with one attached hydrogen (secondary N) is 1. The van der Waals surface area contributed by atoms with Gasteiger partial charge in [-0.25, -0.2) is 0 Å². The van der Waals surface area contributed by atoms with Crippen LogP contribution in [-0.2, 0) is 0 Å². The second-order valence-corrected chi connectivity index (χ2v) is 5.21. The Morgan fingerprint density at radius 3 is 2.85 bits per heavy atom. The van der Waals surface area contributed by atoms with Crippen LogP contribution in [0.3, 0.4) is 0 Å². The summed E-state index contributed by atoms with van der Waals surface area (Å²) in [5, 5.41) is 6.94. The molecule has 3 rings (SSSR count). The predicted molar refractivity (Wildman–Crippen MR) is 74.1 cm³/mol. The van der Waals surface area contributed by atoms with Gasteiger partial charge in [0, 0.05) is 25.2 Å². The quantitative estimate of drug-likeness (QED) is 0.869. The molecule has 0 aromatic carbocycles. The number of hydrogen-bond acceptors (Lipinski definition) is 4. The van der Waals surface area contributed by atoms with Crippen molar-refractivity contribution in [1.29, 1.82) is 0 Å². The zero-order valence-corrected chi connectivity index (χ0v) is 11.4. The summed E-state index contributed by atoms with van der Waals surface area (Å²) in [6, 6.07) is 5.68. The third kappa shape index (κ3) is 2.46. The normalized spacial score (nSPS) is 16.6. The molecule has 2 aromatic rings. The van der Waals surface area contributed by atoms with E-state index in [0.29, 0.717) is 24.5 Å². The maximum absolute atomic E-state index is 12.3. The minimum atomic E-state index is -0.0531. The fourth-order valence-electron chi connectivity index (χ4n) is 2.40. The Balaban J connectivity index is 1.75. The number of amides is 1. The summed E-state index contributed by atoms with van der Waals surface area (Å²) in [6.45, 7) is 3.27. The van der Waals surface area contributed by atoms with E-state index in [-0.39, 0.29) is 11.9 Å². The summed E-state index contributed by atoms with van der Waals surface area (Å²) in [5.41, 5.74) is 6.98. The number of nitrogens with zero attached hydrogens (tertiary/aromatic N) is 2. The second kappa shape index (κ2) is 5.13. The van der Waals surface area contributed by atoms with Gasteiger partial charge in [0.05, 0.1) is 0 Å². The molecule has 1 aliphatic heterocycles. The van der Waals surface area contributed by atoms with Crippen LogP contribution in [0.15, 0.2) is 22.6 Å². The lowest BCUT2D eigenvalue weighted by molar-refractivity contribution is 0.0709. The maximum atomic E-state index is 12.3. The van der Waals surface area contributed by atoms with Gasteiger partial charge in [0.25, 0.3) is 5.91 Å². The van der Waals surface area contributed by atoms with Crippen LogP contribution in [0.4, 0.5) is 0 Å². The van der Waals surface area contributed by atoms with E-state index in [0.717, 1.165) is 24.3 Å². The van der Waals surface area contributed by atoms with E-state index in [1.165, 1.54) is 0 Å². The average Bonchev–Trinajstić information content (AvgIpc) is 3.07. The topological polar surface area (TPSA) is 88.1 Å². The van der Waals surface area contributed by atoms with Gasteiger partial charge in [-0.3, -0.25) is 9.89 Å². The summed E-state index contributed by atoms with van der Waals surface area (Å²) < 4.78 is 5.51. The van der Waals surface area contributed by atoms with Crippen molar-refractivity contribution in [3.63, 3.8) is 0 Å². The molecule has 2 aromatic heterocycles. The average molecular weight is 274 g/mol. The first-order valence-electron chi connectivity index (χ1n) is 6.80. The van der Waals surface area contributed by atoms with Crippen LogP contribution in [-0.4, -0.2) is 40.1 Å². The van der Waals surface area contributed by atoms with Gasteiger partial charge < -0.3 is 15.1 Å². The number of aromatic amines is 1. The molecule has 0 unspecified atom stereocenters. The van der Waals surface area contributed by atoms with Crippen molar-refractivity contribution < 1.29 is 9.21 Å². The molecule has 0 aliphatic carbocycles. The van der Waals surface area contributed by atoms with E-state index in [1.807, 2.05) is 19.1 Å². The highest BCUT2D eigenvalue weighted by molar-refractivity contribution is 5.93. The SMILES string of the molecule is Cc1ccc(-c2cc(C(=O)N3CCC(N)CC3)n[nH]2)o1. The molecule has 3 N–H and O–H groups in total. The minimum absolute atomic E-state index is 0.0531. The van der Waals surface area contributed by atoms with E-state index in [4.69, 9.17) is 10.2 Å². The molecule has 0 radical (unpaired) electrons. The van der Waals surface area contributed by atoms with Crippen molar-refractivity contribution in [2.75, 3.05) is 13.1 Å². The van der Waals surface area contributed by atoms with Gasteiger partial charge in [-0.15, -0.1) is 0 Å². The highest BCUT2D eigenvalue weighted by Crippen LogP contribution is 2.21. The summed E-state index contributed by atoms with van der Waals surface area (Å²) in [6.07, 6.45) is 1.70. The van der Waals surface area contributed by atoms with Crippen LogP contribution < -0.4 is 5.73 Å². The molecule has 0 spiro atoms. The fraction of sp³-hybridized carbons (Fsp3) is 0.429. The number of nitrogens with two attached hydrogens (primary N) is 1. The van der Waals surface area contributed by atoms with E-state index < -0.39 is 0 Å². The van der Waals surface area contributed by atoms with Crippen molar-refractivity contribution in [3.05, 3.63) is 29.7 Å². The Morgan fingerprint density at radius 1 is 1.45 bits per heavy atom. The van der Waals surface area contributed by atoms with Crippen LogP contribution in [0.2, 0.25) is 0 Å². The monoisotopic (exact) mass is 274 g/mol. The number of carbonyl (C=O) groups is 1. The molecule has 1 saturated heterocycles. The highest BCUT2D eigenvalue weighted by Gasteiger charge is 2.23. The zero-order valence-electron chi connectivity index (χ0n) is 11.4. The summed E-state index contributed by atoms with van der Waals surface area (Å²) in [5.74, 6) is 1.46. The fourth-order valence-corrected chi connectivity index (χ4v) is 2.40. The van der Waals surface area contributed by atoms with Gasteiger partial charge in [0.1, 0.15) is 11.5 Å². The number of H-pyrrole nitrogens is 1. The Hall–Kier alpha value is -2.08. The number of furan rings is 1. The van der Waals surface area contributed by atoms with Gasteiger partial charge in [0.2, 0.25) is 0 Å². The van der Waals surface area contributed by atoms with Crippen molar-refractivity contribution in [1.82, 2.24) is 15.1 Å². The smallest absolute Gasteiger partial charge is 0.274 e. The molecule has 106 valence electrons. The molecule has 1 fully saturated rings. The zero-order chi connectivity index (χ0) is 14.1. The lowest BCUT2D eigenvalue weighted by atomic mass is 10.1. The lowest BCUT2D eigenvalue weighted by Crippen LogP contribution is -2.42. The van der Waals surface area contributed by atoms with Crippen molar-refractivity contribution in [3.8, 4) is 11.5 Å². The highest BCUT2D eigenvalue weighted by atomic mass is 16.3. The molecule has 1 amide bonds. The minimum Gasteiger partial charge on any atom is -0.460 e. The third-order valence-corrected chi connectivity index (χ3v) is 3.63. The Morgan fingerprint density at radius 2 is 2.20 bits per heavy atom. The van der Waals surface area contributed by atoms with Crippen LogP contribution >= 0.6 is 0 Å². The Labute approximate surface area is 116 Å². The van der Waals surface area contributed by atoms with E-state index in [9.17, 15) is 4.79 Å². The Bertz CT molecular complexity index is 608. The first kappa shape index (κ1) is 12.9. The van der Waals surface area contributed by atoms with Crippen LogP contribution in [0.25, 0.3) is 11.5 Å². The van der Waals surface area contributed by atoms with E-state index in [1.54, 1.807) is 11.0 Å². The van der Waals surface area contributed by atoms with Crippen molar-refractivity contribution >= 4 is 5.91 Å². The number of piperidine rings is 1. The van der Waals surface area contributed by atoms with E-state index in [2.05, 4.69) is 10.2 Å². The number of rotatable bonds is 2. The molecule has 20 heavy (non-hydrogen) atoms. The maximum Gasteiger partial charge on any atom is 0.274 e. The van der Waals surface area contributed by atoms with Crippen molar-refractivity contribution in [2.45, 2.75) is 25.8 Å². The van der Waals surface area contributed by atoms with Crippen LogP contribution in [0.1, 0.15) is 29.1 Å². The molecular weight excluding hydrogens is 256 g/mol. The number of aromatic nitrogens is 2. The molecule has 6 nitrogen and oxygen atoms in total. The third-order valence-electron chi connectivity index (χ3n) is 3.63. The van der Waals surface area contributed by atoms with Gasteiger partial charge in [-0.1, -0.05) is 0 Å². The number of likely N-dealkylation sites (tertiary alicyclic amines) is 1. The molecule has 0 atom stereocenters. The van der Waals surface area contributed by atoms with Crippen LogP contribution in [0.5, 0.6) is 0 Å². The van der Waals surface area contributed by atoms with Crippen LogP contribution in [0, 0.1) is 6.92 Å². The largest absolute Gasteiger partial charge is 0.460 e. The number of hydrogen-bond donors (Lipinski definition) is 2. The molecule has 0 saturated carbocycles. The Kier molecular flexibility index (Phi) is 3.31. The second-order valence-electron chi connectivity index (χ2n) is 5.21. The van der Waals surface area contributed by atoms with Gasteiger partial charge in [0.15, 0.2) is 11.5 Å². The first-order chi connectivity index (χ1) is 9.63. The summed E-state index contributed by atoms with van der Waals surface area (Å²) in [4.78, 5) is 14.1. The molecular formula is C14H18N4O2. The number of aryl methyl sites for hydroxylation is 1. The predicted octanol–water partition coefficient (Wildman–Crippen LogP) is 1.54. The molecule has 3 heterocycles.